The third-order valence-electron chi connectivity index (χ3n) is 3.35. The van der Waals surface area contributed by atoms with E-state index >= 15 is 0 Å². The second kappa shape index (κ2) is 5.30. The minimum atomic E-state index is -0.430. The molecule has 102 valence electrons. The Hall–Kier alpha value is -2.04. The molecule has 0 fully saturated rings. The molecule has 5 nitrogen and oxygen atoms in total. The molecule has 5 heteroatoms. The molecule has 0 amide bonds. The zero-order valence-corrected chi connectivity index (χ0v) is 11.1. The van der Waals surface area contributed by atoms with Crippen LogP contribution in [-0.2, 0) is 18.2 Å². The highest BCUT2D eigenvalue weighted by molar-refractivity contribution is 6.09. The standard InChI is InChI=1S/C14H17NO4/c1-3-19-14(18)11-7-9-5-4-6-10(8-16)13(17)12(9)15(11)2/h7-8,16H,3-6H2,1-2H3. The monoisotopic (exact) mass is 263 g/mol. The molecule has 0 saturated heterocycles. The van der Waals surface area contributed by atoms with Gasteiger partial charge in [0.2, 0.25) is 5.78 Å². The van der Waals surface area contributed by atoms with E-state index in [4.69, 9.17) is 9.84 Å². The predicted molar refractivity (Wildman–Crippen MR) is 69.3 cm³/mol. The number of hydrogen-bond donors (Lipinski definition) is 1. The van der Waals surface area contributed by atoms with Gasteiger partial charge in [0.05, 0.1) is 18.6 Å². The third kappa shape index (κ3) is 2.28. The summed E-state index contributed by atoms with van der Waals surface area (Å²) < 4.78 is 6.53. The largest absolute Gasteiger partial charge is 0.515 e. The third-order valence-corrected chi connectivity index (χ3v) is 3.35. The molecule has 1 aromatic heterocycles. The van der Waals surface area contributed by atoms with Crippen LogP contribution in [0.5, 0.6) is 0 Å². The lowest BCUT2D eigenvalue weighted by Gasteiger charge is -2.07. The summed E-state index contributed by atoms with van der Waals surface area (Å²) in [7, 11) is 1.67. The molecule has 1 aliphatic carbocycles. The molecule has 1 aromatic rings. The van der Waals surface area contributed by atoms with Gasteiger partial charge in [0.15, 0.2) is 0 Å². The number of ketones is 1. The summed E-state index contributed by atoms with van der Waals surface area (Å²) >= 11 is 0. The summed E-state index contributed by atoms with van der Waals surface area (Å²) in [6, 6.07) is 1.71. The summed E-state index contributed by atoms with van der Waals surface area (Å²) in [5, 5.41) is 9.12. The highest BCUT2D eigenvalue weighted by Crippen LogP contribution is 2.26. The maximum absolute atomic E-state index is 12.3. The smallest absolute Gasteiger partial charge is 0.354 e. The second-order valence-electron chi connectivity index (χ2n) is 4.52. The van der Waals surface area contributed by atoms with Gasteiger partial charge in [0.1, 0.15) is 5.69 Å². The van der Waals surface area contributed by atoms with Crippen LogP contribution in [-0.4, -0.2) is 28.0 Å². The number of hydrogen-bond acceptors (Lipinski definition) is 4. The van der Waals surface area contributed by atoms with Gasteiger partial charge >= 0.3 is 5.97 Å². The van der Waals surface area contributed by atoms with Crippen LogP contribution >= 0.6 is 0 Å². The minimum absolute atomic E-state index is 0.215. The van der Waals surface area contributed by atoms with E-state index in [9.17, 15) is 9.59 Å². The van der Waals surface area contributed by atoms with Crippen molar-refractivity contribution in [3.63, 3.8) is 0 Å². The fraction of sp³-hybridized carbons (Fsp3) is 0.429. The Morgan fingerprint density at radius 3 is 2.89 bits per heavy atom. The molecule has 0 aromatic carbocycles. The van der Waals surface area contributed by atoms with Gasteiger partial charge in [-0.1, -0.05) is 0 Å². The van der Waals surface area contributed by atoms with Gasteiger partial charge in [-0.25, -0.2) is 4.79 Å². The molecular formula is C14H17NO4. The molecule has 0 radical (unpaired) electrons. The lowest BCUT2D eigenvalue weighted by molar-refractivity contribution is 0.0515. The number of rotatable bonds is 2. The van der Waals surface area contributed by atoms with Crippen LogP contribution in [0.2, 0.25) is 0 Å². The molecule has 0 aliphatic heterocycles. The summed E-state index contributed by atoms with van der Waals surface area (Å²) in [6.07, 6.45) is 2.91. The zero-order valence-electron chi connectivity index (χ0n) is 11.1. The maximum Gasteiger partial charge on any atom is 0.354 e. The number of ether oxygens (including phenoxy) is 1. The average molecular weight is 263 g/mol. The van der Waals surface area contributed by atoms with Crippen molar-refractivity contribution in [2.75, 3.05) is 6.61 Å². The Kier molecular flexibility index (Phi) is 3.74. The Morgan fingerprint density at radius 1 is 1.53 bits per heavy atom. The van der Waals surface area contributed by atoms with Crippen LogP contribution in [0.25, 0.3) is 0 Å². The Morgan fingerprint density at radius 2 is 2.26 bits per heavy atom. The van der Waals surface area contributed by atoms with E-state index in [0.717, 1.165) is 18.2 Å². The van der Waals surface area contributed by atoms with Crippen molar-refractivity contribution in [3.05, 3.63) is 34.9 Å². The summed E-state index contributed by atoms with van der Waals surface area (Å²) in [4.78, 5) is 24.1. The predicted octanol–water partition coefficient (Wildman–Crippen LogP) is 2.16. The average Bonchev–Trinajstić information content (AvgIpc) is 2.62. The van der Waals surface area contributed by atoms with Crippen LogP contribution in [0.3, 0.4) is 0 Å². The lowest BCUT2D eigenvalue weighted by atomic mass is 10.1. The number of nitrogens with zero attached hydrogens (tertiary/aromatic N) is 1. The number of Topliss-reactive ketones (excluding diaryl/α,β-unsaturated/α-hetero) is 1. The first kappa shape index (κ1) is 13.4. The van der Waals surface area contributed by atoms with Gasteiger partial charge in [-0.2, -0.15) is 0 Å². The van der Waals surface area contributed by atoms with E-state index in [0.29, 0.717) is 36.4 Å². The molecule has 0 bridgehead atoms. The lowest BCUT2D eigenvalue weighted by Crippen LogP contribution is -2.14. The van der Waals surface area contributed by atoms with Gasteiger partial charge < -0.3 is 14.4 Å². The number of aromatic nitrogens is 1. The van der Waals surface area contributed by atoms with Crippen molar-refractivity contribution >= 4 is 11.8 Å². The quantitative estimate of drug-likeness (QED) is 0.384. The van der Waals surface area contributed by atoms with Crippen LogP contribution in [0.1, 0.15) is 46.3 Å². The summed E-state index contributed by atoms with van der Waals surface area (Å²) in [6.45, 7) is 2.04. The molecule has 2 rings (SSSR count). The molecule has 1 heterocycles. The number of aliphatic hydroxyl groups is 1. The Bertz CT molecular complexity index is 554. The first-order valence-electron chi connectivity index (χ1n) is 6.33. The van der Waals surface area contributed by atoms with Crippen LogP contribution in [0, 0.1) is 0 Å². The molecule has 1 aliphatic rings. The minimum Gasteiger partial charge on any atom is -0.515 e. The molecule has 0 spiro atoms. The number of aryl methyl sites for hydroxylation is 1. The SMILES string of the molecule is CCOC(=O)c1cc2c(n1C)C(=O)C(=CO)CCC2. The number of carbonyl (C=O) groups is 2. The molecule has 1 N–H and O–H groups in total. The van der Waals surface area contributed by atoms with Crippen molar-refractivity contribution < 1.29 is 19.4 Å². The van der Waals surface area contributed by atoms with E-state index in [-0.39, 0.29) is 5.78 Å². The van der Waals surface area contributed by atoms with Gasteiger partial charge in [0, 0.05) is 12.6 Å². The molecule has 19 heavy (non-hydrogen) atoms. The number of allylic oxidation sites excluding steroid dienone is 1. The molecule has 0 saturated carbocycles. The van der Waals surface area contributed by atoms with Gasteiger partial charge in [0.25, 0.3) is 0 Å². The molecule has 0 unspecified atom stereocenters. The van der Waals surface area contributed by atoms with Crippen molar-refractivity contribution in [3.8, 4) is 0 Å². The fourth-order valence-corrected chi connectivity index (χ4v) is 2.41. The van der Waals surface area contributed by atoms with Crippen LogP contribution in [0.4, 0.5) is 0 Å². The zero-order chi connectivity index (χ0) is 14.0. The fourth-order valence-electron chi connectivity index (χ4n) is 2.41. The normalized spacial score (nSPS) is 17.2. The topological polar surface area (TPSA) is 68.5 Å². The van der Waals surface area contributed by atoms with Crippen LogP contribution in [0.15, 0.2) is 17.9 Å². The summed E-state index contributed by atoms with van der Waals surface area (Å²) in [5.41, 5.74) is 2.07. The first-order valence-corrected chi connectivity index (χ1v) is 6.33. The number of aliphatic hydroxyl groups excluding tert-OH is 1. The number of carbonyl (C=O) groups excluding carboxylic acids is 2. The van der Waals surface area contributed by atoms with Gasteiger partial charge in [-0.3, -0.25) is 4.79 Å². The van der Waals surface area contributed by atoms with E-state index in [2.05, 4.69) is 0 Å². The van der Waals surface area contributed by atoms with Gasteiger partial charge in [-0.15, -0.1) is 0 Å². The van der Waals surface area contributed by atoms with Gasteiger partial charge in [-0.05, 0) is 37.8 Å². The van der Waals surface area contributed by atoms with E-state index in [1.807, 2.05) is 0 Å². The number of esters is 1. The van der Waals surface area contributed by atoms with Crippen molar-refractivity contribution in [2.24, 2.45) is 7.05 Å². The second-order valence-corrected chi connectivity index (χ2v) is 4.52. The molecule has 0 atom stereocenters. The van der Waals surface area contributed by atoms with E-state index in [1.54, 1.807) is 24.6 Å². The van der Waals surface area contributed by atoms with E-state index in [1.165, 1.54) is 0 Å². The van der Waals surface area contributed by atoms with Crippen LogP contribution < -0.4 is 0 Å². The summed E-state index contributed by atoms with van der Waals surface area (Å²) in [5.74, 6) is -0.645. The van der Waals surface area contributed by atoms with Crippen molar-refractivity contribution in [2.45, 2.75) is 26.2 Å². The highest BCUT2D eigenvalue weighted by atomic mass is 16.5. The van der Waals surface area contributed by atoms with E-state index < -0.39 is 5.97 Å². The molecular weight excluding hydrogens is 246 g/mol. The van der Waals surface area contributed by atoms with Crippen molar-refractivity contribution in [1.29, 1.82) is 0 Å². The number of fused-ring (bicyclic) bond motifs is 1. The first-order chi connectivity index (χ1) is 9.10. The highest BCUT2D eigenvalue weighted by Gasteiger charge is 2.27. The van der Waals surface area contributed by atoms with Crippen molar-refractivity contribution in [1.82, 2.24) is 4.57 Å². The Labute approximate surface area is 111 Å². The Balaban J connectivity index is 2.49. The maximum atomic E-state index is 12.3.